The average molecular weight is 360 g/mol. The van der Waals surface area contributed by atoms with Crippen LogP contribution in [0.5, 0.6) is 5.75 Å². The van der Waals surface area contributed by atoms with Crippen molar-refractivity contribution in [2.24, 2.45) is 0 Å². The van der Waals surface area contributed by atoms with Crippen molar-refractivity contribution in [3.8, 4) is 17.0 Å². The van der Waals surface area contributed by atoms with Crippen LogP contribution in [0, 0.1) is 6.92 Å². The number of hydrogen-bond donors (Lipinski definition) is 1. The second-order valence-corrected chi connectivity index (χ2v) is 6.99. The first-order valence-electron chi connectivity index (χ1n) is 9.11. The summed E-state index contributed by atoms with van der Waals surface area (Å²) >= 11 is 0. The molecule has 1 aliphatic carbocycles. The molecule has 3 aromatic rings. The molecular formula is C23H24N2O2. The predicted molar refractivity (Wildman–Crippen MR) is 109 cm³/mol. The van der Waals surface area contributed by atoms with Crippen LogP contribution in [0.25, 0.3) is 11.3 Å². The highest BCUT2D eigenvalue weighted by molar-refractivity contribution is 6.01. The maximum absolute atomic E-state index is 13.0. The van der Waals surface area contributed by atoms with E-state index in [1.165, 1.54) is 0 Å². The molecule has 0 bridgehead atoms. The zero-order chi connectivity index (χ0) is 18.9. The van der Waals surface area contributed by atoms with E-state index < -0.39 is 5.41 Å². The third-order valence-corrected chi connectivity index (χ3v) is 5.21. The zero-order valence-corrected chi connectivity index (χ0v) is 15.5. The van der Waals surface area contributed by atoms with Gasteiger partial charge in [0, 0.05) is 6.99 Å². The fraction of sp³-hybridized carbons (Fsp3) is 0.217. The van der Waals surface area contributed by atoms with Crippen molar-refractivity contribution in [2.75, 3.05) is 12.4 Å². The summed E-state index contributed by atoms with van der Waals surface area (Å²) in [6, 6.07) is 21.6. The molecular weight excluding hydrogens is 336 g/mol. The topological polar surface area (TPSA) is 51.2 Å². The maximum Gasteiger partial charge on any atom is 0.236 e. The van der Waals surface area contributed by atoms with Gasteiger partial charge in [-0.15, -0.1) is 0 Å². The number of methoxy groups -OCH3 is 1. The van der Waals surface area contributed by atoms with Gasteiger partial charge in [0.2, 0.25) is 5.91 Å². The number of nitrogens with one attached hydrogen (secondary N) is 1. The number of carbonyl (C=O) groups excluding carboxylic acids is 1. The number of aromatic nitrogens is 1. The molecule has 0 atom stereocenters. The summed E-state index contributed by atoms with van der Waals surface area (Å²) in [5, 5.41) is 3.03. The van der Waals surface area contributed by atoms with Gasteiger partial charge in [-0.3, -0.25) is 4.79 Å². The predicted octanol–water partition coefficient (Wildman–Crippen LogP) is 4.98. The van der Waals surface area contributed by atoms with Crippen LogP contribution in [0.4, 0.5) is 5.82 Å². The Morgan fingerprint density at radius 1 is 1.04 bits per heavy atom. The minimum absolute atomic E-state index is 0. The highest BCUT2D eigenvalue weighted by Gasteiger charge is 2.51. The largest absolute Gasteiger partial charge is 0.497 e. The second kappa shape index (κ2) is 6.88. The Kier molecular flexibility index (Phi) is 4.40. The lowest BCUT2D eigenvalue weighted by molar-refractivity contribution is -0.118. The first kappa shape index (κ1) is 17.3. The molecule has 0 unspecified atom stereocenters. The number of benzene rings is 2. The second-order valence-electron chi connectivity index (χ2n) is 6.99. The van der Waals surface area contributed by atoms with Crippen LogP contribution >= 0.6 is 0 Å². The molecule has 1 aliphatic rings. The van der Waals surface area contributed by atoms with Gasteiger partial charge in [-0.2, -0.15) is 0 Å². The van der Waals surface area contributed by atoms with Crippen LogP contribution < -0.4 is 10.1 Å². The summed E-state index contributed by atoms with van der Waals surface area (Å²) in [5.74, 6) is 1.38. The number of aryl methyl sites for hydroxylation is 1. The van der Waals surface area contributed by atoms with Gasteiger partial charge in [-0.25, -0.2) is 4.98 Å². The molecule has 27 heavy (non-hydrogen) atoms. The number of amides is 1. The van der Waals surface area contributed by atoms with Gasteiger partial charge in [0.05, 0.1) is 18.2 Å². The maximum atomic E-state index is 13.0. The fourth-order valence-electron chi connectivity index (χ4n) is 3.40. The molecule has 0 radical (unpaired) electrons. The number of carbonyl (C=O) groups is 1. The highest BCUT2D eigenvalue weighted by Crippen LogP contribution is 2.49. The molecule has 4 nitrogen and oxygen atoms in total. The summed E-state index contributed by atoms with van der Waals surface area (Å²) in [7, 11) is 1.64. The molecule has 0 aliphatic heterocycles. The van der Waals surface area contributed by atoms with Crippen molar-refractivity contribution in [2.45, 2.75) is 25.2 Å². The smallest absolute Gasteiger partial charge is 0.236 e. The zero-order valence-electron chi connectivity index (χ0n) is 15.5. The molecule has 0 spiro atoms. The molecule has 138 valence electrons. The molecule has 1 aromatic heterocycles. The number of rotatable bonds is 5. The number of ether oxygens (including phenoxy) is 1. The Hall–Kier alpha value is -3.14. The molecule has 2 aromatic carbocycles. The summed E-state index contributed by atoms with van der Waals surface area (Å²) in [5.41, 5.74) is 3.59. The van der Waals surface area contributed by atoms with Crippen molar-refractivity contribution in [1.29, 1.82) is 0 Å². The molecule has 4 heteroatoms. The standard InChI is InChI=1S/C23H22N2O2.H2/c1-16-8-13-20(24-21(16)17-6-4-3-5-7-17)25-22(26)23(14-15-23)18-9-11-19(27-2)12-10-18;/h3-13H,14-15H2,1-2H3,(H,24,25,26);1H. The summed E-state index contributed by atoms with van der Waals surface area (Å²) in [6.07, 6.45) is 1.70. The number of pyridine rings is 1. The monoisotopic (exact) mass is 360 g/mol. The van der Waals surface area contributed by atoms with Crippen LogP contribution in [-0.4, -0.2) is 18.0 Å². The fourth-order valence-corrected chi connectivity index (χ4v) is 3.40. The molecule has 1 fully saturated rings. The van der Waals surface area contributed by atoms with E-state index in [0.717, 1.165) is 41.0 Å². The summed E-state index contributed by atoms with van der Waals surface area (Å²) in [4.78, 5) is 17.7. The van der Waals surface area contributed by atoms with E-state index in [-0.39, 0.29) is 7.33 Å². The van der Waals surface area contributed by atoms with Gasteiger partial charge >= 0.3 is 0 Å². The average Bonchev–Trinajstić information content (AvgIpc) is 3.52. The van der Waals surface area contributed by atoms with Crippen LogP contribution in [0.1, 0.15) is 25.4 Å². The van der Waals surface area contributed by atoms with Gasteiger partial charge in [-0.05, 0) is 49.1 Å². The van der Waals surface area contributed by atoms with Crippen molar-refractivity contribution in [1.82, 2.24) is 4.98 Å². The first-order chi connectivity index (χ1) is 13.1. The number of nitrogens with zero attached hydrogens (tertiary/aromatic N) is 1. The van der Waals surface area contributed by atoms with Crippen molar-refractivity contribution in [3.63, 3.8) is 0 Å². The van der Waals surface area contributed by atoms with E-state index in [2.05, 4.69) is 5.32 Å². The third-order valence-electron chi connectivity index (χ3n) is 5.21. The van der Waals surface area contributed by atoms with Crippen LogP contribution in [0.2, 0.25) is 0 Å². The summed E-state index contributed by atoms with van der Waals surface area (Å²) in [6.45, 7) is 2.03. The van der Waals surface area contributed by atoms with Gasteiger partial charge < -0.3 is 10.1 Å². The van der Waals surface area contributed by atoms with E-state index in [9.17, 15) is 4.79 Å². The third kappa shape index (κ3) is 3.31. The Morgan fingerprint density at radius 3 is 2.37 bits per heavy atom. The summed E-state index contributed by atoms with van der Waals surface area (Å²) < 4.78 is 5.21. The minimum Gasteiger partial charge on any atom is -0.497 e. The molecule has 1 amide bonds. The van der Waals surface area contributed by atoms with Crippen molar-refractivity contribution >= 4 is 11.7 Å². The Balaban J connectivity index is 0.00000225. The van der Waals surface area contributed by atoms with Crippen molar-refractivity contribution < 1.29 is 11.0 Å². The SMILES string of the molecule is COc1ccc(C2(C(=O)Nc3ccc(C)c(-c4ccccc4)n3)CC2)cc1.[HH]. The number of hydrogen-bond acceptors (Lipinski definition) is 3. The lowest BCUT2D eigenvalue weighted by Gasteiger charge is -2.16. The first-order valence-corrected chi connectivity index (χ1v) is 9.11. The van der Waals surface area contributed by atoms with E-state index in [0.29, 0.717) is 5.82 Å². The van der Waals surface area contributed by atoms with E-state index in [1.54, 1.807) is 7.11 Å². The van der Waals surface area contributed by atoms with E-state index in [1.807, 2.05) is 73.7 Å². The van der Waals surface area contributed by atoms with Crippen LogP contribution in [0.15, 0.2) is 66.7 Å². The van der Waals surface area contributed by atoms with E-state index >= 15 is 0 Å². The number of anilines is 1. The van der Waals surface area contributed by atoms with Gasteiger partial charge in [-0.1, -0.05) is 48.5 Å². The van der Waals surface area contributed by atoms with Crippen LogP contribution in [0.3, 0.4) is 0 Å². The Labute approximate surface area is 160 Å². The molecule has 1 heterocycles. The van der Waals surface area contributed by atoms with Crippen LogP contribution in [-0.2, 0) is 10.2 Å². The Bertz CT molecular complexity index is 968. The highest BCUT2D eigenvalue weighted by atomic mass is 16.5. The molecule has 1 saturated carbocycles. The minimum atomic E-state index is -0.453. The lowest BCUT2D eigenvalue weighted by Crippen LogP contribution is -2.28. The molecule has 4 rings (SSSR count). The van der Waals surface area contributed by atoms with E-state index in [4.69, 9.17) is 9.72 Å². The molecule has 1 N–H and O–H groups in total. The van der Waals surface area contributed by atoms with Gasteiger partial charge in [0.15, 0.2) is 0 Å². The lowest BCUT2D eigenvalue weighted by atomic mass is 9.95. The van der Waals surface area contributed by atoms with Crippen molar-refractivity contribution in [3.05, 3.63) is 77.9 Å². The molecule has 0 saturated heterocycles. The quantitative estimate of drug-likeness (QED) is 0.698. The van der Waals surface area contributed by atoms with Gasteiger partial charge in [0.25, 0.3) is 0 Å². The van der Waals surface area contributed by atoms with Gasteiger partial charge in [0.1, 0.15) is 11.6 Å². The normalized spacial score (nSPS) is 14.4. The Morgan fingerprint density at radius 2 is 1.74 bits per heavy atom.